The van der Waals surface area contributed by atoms with Gasteiger partial charge in [0.05, 0.1) is 11.4 Å². The van der Waals surface area contributed by atoms with Gasteiger partial charge in [0.15, 0.2) is 0 Å². The SMILES string of the molecule is C=C(CNS(=O)(=O)c1cccc(-c2cccc(F)c2)c1)N1CCC(CCN)CC1.Cc1cccc(C(=N)N)c1. The number of halogens is 1. The number of nitrogens with zero attached hydrogens (tertiary/aromatic N) is 1. The van der Waals surface area contributed by atoms with Crippen LogP contribution in [0.3, 0.4) is 0 Å². The summed E-state index contributed by atoms with van der Waals surface area (Å²) < 4.78 is 41.6. The number of amidine groups is 1. The molecule has 7 nitrogen and oxygen atoms in total. The molecule has 0 unspecified atom stereocenters. The van der Waals surface area contributed by atoms with Crippen LogP contribution in [-0.4, -0.2) is 45.3 Å². The Balaban J connectivity index is 0.000000353. The molecular weight excluding hydrogens is 513 g/mol. The van der Waals surface area contributed by atoms with Crippen molar-refractivity contribution >= 4 is 15.9 Å². The minimum absolute atomic E-state index is 0.128. The van der Waals surface area contributed by atoms with Gasteiger partial charge in [0.25, 0.3) is 0 Å². The third-order valence-electron chi connectivity index (χ3n) is 6.73. The van der Waals surface area contributed by atoms with E-state index < -0.39 is 10.0 Å². The number of benzene rings is 3. The van der Waals surface area contributed by atoms with Crippen molar-refractivity contribution in [3.8, 4) is 11.1 Å². The highest BCUT2D eigenvalue weighted by molar-refractivity contribution is 7.89. The Kier molecular flexibility index (Phi) is 10.8. The van der Waals surface area contributed by atoms with Crippen LogP contribution in [0.25, 0.3) is 11.1 Å². The zero-order chi connectivity index (χ0) is 28.4. The first-order valence-corrected chi connectivity index (χ1v) is 14.5. The number of sulfonamides is 1. The normalized spacial score (nSPS) is 13.9. The summed E-state index contributed by atoms with van der Waals surface area (Å²) in [5.41, 5.74) is 14.9. The molecule has 0 saturated carbocycles. The predicted octanol–water partition coefficient (Wildman–Crippen LogP) is 4.62. The summed E-state index contributed by atoms with van der Waals surface area (Å²) >= 11 is 0. The highest BCUT2D eigenvalue weighted by Crippen LogP contribution is 2.24. The van der Waals surface area contributed by atoms with Crippen LogP contribution in [-0.2, 0) is 10.0 Å². The number of likely N-dealkylation sites (tertiary alicyclic amines) is 1. The van der Waals surface area contributed by atoms with Crippen molar-refractivity contribution in [1.82, 2.24) is 9.62 Å². The maximum atomic E-state index is 13.5. The monoisotopic (exact) mass is 551 g/mol. The lowest BCUT2D eigenvalue weighted by atomic mass is 9.93. The van der Waals surface area contributed by atoms with Crippen LogP contribution < -0.4 is 16.2 Å². The van der Waals surface area contributed by atoms with Gasteiger partial charge in [0.1, 0.15) is 11.7 Å². The third kappa shape index (κ3) is 9.02. The number of nitrogens with two attached hydrogens (primary N) is 2. The molecule has 6 N–H and O–H groups in total. The molecule has 208 valence electrons. The minimum Gasteiger partial charge on any atom is -0.384 e. The van der Waals surface area contributed by atoms with Crippen LogP contribution in [0.5, 0.6) is 0 Å². The van der Waals surface area contributed by atoms with Crippen LogP contribution in [0.1, 0.15) is 30.4 Å². The van der Waals surface area contributed by atoms with Gasteiger partial charge in [-0.05, 0) is 80.1 Å². The van der Waals surface area contributed by atoms with Crippen molar-refractivity contribution < 1.29 is 12.8 Å². The lowest BCUT2D eigenvalue weighted by Gasteiger charge is -2.34. The molecule has 0 amide bonds. The van der Waals surface area contributed by atoms with Crippen LogP contribution in [0.4, 0.5) is 4.39 Å². The molecule has 0 radical (unpaired) electrons. The molecule has 1 saturated heterocycles. The van der Waals surface area contributed by atoms with Crippen LogP contribution in [0, 0.1) is 24.1 Å². The average Bonchev–Trinajstić information content (AvgIpc) is 2.93. The lowest BCUT2D eigenvalue weighted by Crippen LogP contribution is -2.38. The largest absolute Gasteiger partial charge is 0.384 e. The van der Waals surface area contributed by atoms with Gasteiger partial charge in [-0.3, -0.25) is 5.41 Å². The summed E-state index contributed by atoms with van der Waals surface area (Å²) in [6, 6.07) is 20.2. The molecule has 1 fully saturated rings. The lowest BCUT2D eigenvalue weighted by molar-refractivity contribution is 0.219. The number of hydrogen-bond acceptors (Lipinski definition) is 5. The molecule has 0 aromatic heterocycles. The van der Waals surface area contributed by atoms with E-state index in [9.17, 15) is 12.8 Å². The van der Waals surface area contributed by atoms with Gasteiger partial charge in [0, 0.05) is 24.4 Å². The summed E-state index contributed by atoms with van der Waals surface area (Å²) in [7, 11) is -3.70. The van der Waals surface area contributed by atoms with Gasteiger partial charge >= 0.3 is 0 Å². The van der Waals surface area contributed by atoms with Gasteiger partial charge < -0.3 is 16.4 Å². The van der Waals surface area contributed by atoms with E-state index in [0.29, 0.717) is 23.6 Å². The van der Waals surface area contributed by atoms with Crippen LogP contribution in [0.15, 0.2) is 90.0 Å². The van der Waals surface area contributed by atoms with Gasteiger partial charge in [-0.1, -0.05) is 54.6 Å². The molecule has 1 heterocycles. The van der Waals surface area contributed by atoms with E-state index in [0.717, 1.165) is 49.2 Å². The molecule has 0 atom stereocenters. The molecule has 1 aliphatic heterocycles. The van der Waals surface area contributed by atoms with E-state index in [4.69, 9.17) is 16.9 Å². The standard InChI is InChI=1S/C22H28FN3O2S.C8H10N2/c1-17(26-12-9-18(8-11-24)10-13-26)16-25-29(27,28)22-7-3-5-20(15-22)19-4-2-6-21(23)14-19;1-6-3-2-4-7(5-6)8(9)10/h2-7,14-15,18,25H,1,8-13,16,24H2;2-5H,1H3,(H3,9,10). The molecule has 9 heteroatoms. The van der Waals surface area contributed by atoms with E-state index in [2.05, 4.69) is 16.2 Å². The fourth-order valence-corrected chi connectivity index (χ4v) is 5.53. The van der Waals surface area contributed by atoms with E-state index in [-0.39, 0.29) is 23.1 Å². The van der Waals surface area contributed by atoms with Gasteiger partial charge in [-0.25, -0.2) is 17.5 Å². The first-order valence-electron chi connectivity index (χ1n) is 13.0. The summed E-state index contributed by atoms with van der Waals surface area (Å²) in [5, 5.41) is 7.11. The zero-order valence-electron chi connectivity index (χ0n) is 22.4. The second-order valence-corrected chi connectivity index (χ2v) is 11.5. The molecule has 3 aromatic carbocycles. The zero-order valence-corrected chi connectivity index (χ0v) is 23.2. The number of nitrogen functional groups attached to an aromatic ring is 1. The summed E-state index contributed by atoms with van der Waals surface area (Å²) in [6.45, 7) is 8.65. The van der Waals surface area contributed by atoms with Crippen molar-refractivity contribution in [1.29, 1.82) is 5.41 Å². The number of piperidine rings is 1. The highest BCUT2D eigenvalue weighted by Gasteiger charge is 2.21. The second-order valence-electron chi connectivity index (χ2n) is 9.72. The van der Waals surface area contributed by atoms with Gasteiger partial charge in [0.2, 0.25) is 10.0 Å². The Bertz CT molecular complexity index is 1390. The number of rotatable bonds is 9. The fourth-order valence-electron chi connectivity index (χ4n) is 4.47. The van der Waals surface area contributed by atoms with Gasteiger partial charge in [-0.2, -0.15) is 0 Å². The van der Waals surface area contributed by atoms with Crippen LogP contribution in [0.2, 0.25) is 0 Å². The topological polar surface area (TPSA) is 125 Å². The van der Waals surface area contributed by atoms with Gasteiger partial charge in [-0.15, -0.1) is 0 Å². The second kappa shape index (κ2) is 14.0. The Morgan fingerprint density at radius 3 is 2.28 bits per heavy atom. The molecular formula is C30H38FN5O2S. The average molecular weight is 552 g/mol. The van der Waals surface area contributed by atoms with Crippen molar-refractivity contribution in [2.75, 3.05) is 26.2 Å². The van der Waals surface area contributed by atoms with Crippen molar-refractivity contribution in [3.05, 3.63) is 102 Å². The highest BCUT2D eigenvalue weighted by atomic mass is 32.2. The molecule has 39 heavy (non-hydrogen) atoms. The van der Waals surface area contributed by atoms with E-state index in [1.807, 2.05) is 31.2 Å². The Morgan fingerprint density at radius 1 is 1.05 bits per heavy atom. The van der Waals surface area contributed by atoms with E-state index >= 15 is 0 Å². The Hall–Kier alpha value is -3.53. The quantitative estimate of drug-likeness (QED) is 0.228. The predicted molar refractivity (Wildman–Crippen MR) is 156 cm³/mol. The molecule has 0 aliphatic carbocycles. The fraction of sp³-hybridized carbons (Fsp3) is 0.300. The van der Waals surface area contributed by atoms with Crippen molar-refractivity contribution in [3.63, 3.8) is 0 Å². The number of hydrogen-bond donors (Lipinski definition) is 4. The van der Waals surface area contributed by atoms with Crippen LogP contribution >= 0.6 is 0 Å². The first-order chi connectivity index (χ1) is 18.6. The summed E-state index contributed by atoms with van der Waals surface area (Å²) in [6.07, 6.45) is 3.14. The van der Waals surface area contributed by atoms with E-state index in [1.165, 1.54) is 18.2 Å². The first kappa shape index (κ1) is 30.0. The summed E-state index contributed by atoms with van der Waals surface area (Å²) in [4.78, 5) is 2.28. The molecule has 3 aromatic rings. The third-order valence-corrected chi connectivity index (χ3v) is 8.13. The minimum atomic E-state index is -3.70. The molecule has 0 spiro atoms. The molecule has 1 aliphatic rings. The summed E-state index contributed by atoms with van der Waals surface area (Å²) in [5.74, 6) is 0.412. The molecule has 0 bridgehead atoms. The Morgan fingerprint density at radius 2 is 1.69 bits per heavy atom. The molecule has 4 rings (SSSR count). The smallest absolute Gasteiger partial charge is 0.240 e. The maximum absolute atomic E-state index is 13.5. The number of nitrogens with one attached hydrogen (secondary N) is 2. The van der Waals surface area contributed by atoms with E-state index in [1.54, 1.807) is 30.3 Å². The number of aryl methyl sites for hydroxylation is 1. The van der Waals surface area contributed by atoms with Crippen molar-refractivity contribution in [2.45, 2.75) is 31.1 Å². The maximum Gasteiger partial charge on any atom is 0.240 e. The van der Waals surface area contributed by atoms with Crippen molar-refractivity contribution in [2.24, 2.45) is 17.4 Å². The Labute approximate surface area is 231 Å².